The Labute approximate surface area is 147 Å². The molecule has 0 fully saturated rings. The van der Waals surface area contributed by atoms with E-state index in [-0.39, 0.29) is 17.4 Å². The summed E-state index contributed by atoms with van der Waals surface area (Å²) in [6, 6.07) is 13.1. The van der Waals surface area contributed by atoms with E-state index < -0.39 is 0 Å². The molecule has 0 aliphatic heterocycles. The lowest BCUT2D eigenvalue weighted by molar-refractivity contribution is 0.0948. The van der Waals surface area contributed by atoms with E-state index in [1.807, 2.05) is 48.7 Å². The van der Waals surface area contributed by atoms with E-state index in [1.54, 1.807) is 17.1 Å². The van der Waals surface area contributed by atoms with E-state index in [0.717, 1.165) is 5.76 Å². The van der Waals surface area contributed by atoms with Crippen LogP contribution in [-0.4, -0.2) is 22.2 Å². The van der Waals surface area contributed by atoms with Crippen molar-refractivity contribution in [1.29, 1.82) is 0 Å². The van der Waals surface area contributed by atoms with Crippen LogP contribution < -0.4 is 5.32 Å². The fourth-order valence-corrected chi connectivity index (χ4v) is 2.68. The smallest absolute Gasteiger partial charge is 0.251 e. The van der Waals surface area contributed by atoms with Crippen molar-refractivity contribution in [3.05, 3.63) is 78.0 Å². The number of aromatic nitrogens is 2. The molecule has 0 saturated heterocycles. The lowest BCUT2D eigenvalue weighted by Gasteiger charge is -2.19. The monoisotopic (exact) mass is 337 g/mol. The molecule has 0 saturated carbocycles. The predicted octanol–water partition coefficient (Wildman–Crippen LogP) is 3.79. The number of amides is 1. The highest BCUT2D eigenvalue weighted by molar-refractivity contribution is 5.94. The van der Waals surface area contributed by atoms with Crippen molar-refractivity contribution in [2.24, 2.45) is 0 Å². The highest BCUT2D eigenvalue weighted by atomic mass is 16.3. The Morgan fingerprint density at radius 3 is 2.52 bits per heavy atom. The van der Waals surface area contributed by atoms with E-state index in [9.17, 15) is 4.79 Å². The van der Waals surface area contributed by atoms with Gasteiger partial charge in [-0.3, -0.25) is 9.48 Å². The molecule has 1 atom stereocenters. The molecule has 2 heterocycles. The Morgan fingerprint density at radius 1 is 1.20 bits per heavy atom. The molecule has 5 heteroatoms. The van der Waals surface area contributed by atoms with E-state index in [2.05, 4.69) is 31.2 Å². The maximum atomic E-state index is 12.5. The lowest BCUT2D eigenvalue weighted by Crippen LogP contribution is -2.31. The molecule has 3 aromatic rings. The molecule has 0 aliphatic rings. The van der Waals surface area contributed by atoms with Crippen LogP contribution in [0.15, 0.2) is 65.5 Å². The molecule has 25 heavy (non-hydrogen) atoms. The first-order valence-corrected chi connectivity index (χ1v) is 8.36. The minimum atomic E-state index is -0.178. The fraction of sp³-hybridized carbons (Fsp3) is 0.300. The van der Waals surface area contributed by atoms with E-state index >= 15 is 0 Å². The standard InChI is InChI=1S/C20H23N3O2/c1-20(2,3)16-9-7-15(8-10-16)19(24)21-14-17(18-6-4-13-25-18)23-12-5-11-22-23/h4-13,17H,14H2,1-3H3,(H,21,24). The van der Waals surface area contributed by atoms with Gasteiger partial charge in [-0.05, 0) is 41.3 Å². The van der Waals surface area contributed by atoms with Gasteiger partial charge in [0.2, 0.25) is 0 Å². The molecule has 1 amide bonds. The molecule has 130 valence electrons. The first-order chi connectivity index (χ1) is 11.9. The Bertz CT molecular complexity index is 764. The molecule has 0 spiro atoms. The molecule has 3 rings (SSSR count). The predicted molar refractivity (Wildman–Crippen MR) is 96.5 cm³/mol. The van der Waals surface area contributed by atoms with Gasteiger partial charge in [0.1, 0.15) is 11.8 Å². The van der Waals surface area contributed by atoms with Gasteiger partial charge in [0, 0.05) is 24.5 Å². The average Bonchev–Trinajstić information content (AvgIpc) is 3.28. The summed E-state index contributed by atoms with van der Waals surface area (Å²) in [6.07, 6.45) is 5.19. The zero-order valence-corrected chi connectivity index (χ0v) is 14.8. The van der Waals surface area contributed by atoms with Gasteiger partial charge in [-0.15, -0.1) is 0 Å². The highest BCUT2D eigenvalue weighted by Gasteiger charge is 2.19. The van der Waals surface area contributed by atoms with Crippen molar-refractivity contribution in [3.8, 4) is 0 Å². The molecule has 0 aliphatic carbocycles. The second-order valence-corrected chi connectivity index (χ2v) is 7.05. The highest BCUT2D eigenvalue weighted by Crippen LogP contribution is 2.22. The van der Waals surface area contributed by atoms with Crippen LogP contribution >= 0.6 is 0 Å². The van der Waals surface area contributed by atoms with Crippen molar-refractivity contribution in [1.82, 2.24) is 15.1 Å². The van der Waals surface area contributed by atoms with Crippen LogP contribution in [0.1, 0.15) is 48.5 Å². The normalized spacial score (nSPS) is 12.8. The van der Waals surface area contributed by atoms with E-state index in [0.29, 0.717) is 12.1 Å². The Balaban J connectivity index is 1.70. The van der Waals surface area contributed by atoms with Gasteiger partial charge in [-0.2, -0.15) is 5.10 Å². The van der Waals surface area contributed by atoms with Gasteiger partial charge in [0.05, 0.1) is 6.26 Å². The SMILES string of the molecule is CC(C)(C)c1ccc(C(=O)NCC(c2ccco2)n2cccn2)cc1. The average molecular weight is 337 g/mol. The van der Waals surface area contributed by atoms with Gasteiger partial charge in [0.25, 0.3) is 5.91 Å². The third-order valence-corrected chi connectivity index (χ3v) is 4.18. The Hall–Kier alpha value is -2.82. The zero-order chi connectivity index (χ0) is 17.9. The first-order valence-electron chi connectivity index (χ1n) is 8.36. The van der Waals surface area contributed by atoms with Crippen LogP contribution in [0.5, 0.6) is 0 Å². The van der Waals surface area contributed by atoms with Crippen molar-refractivity contribution in [3.63, 3.8) is 0 Å². The first kappa shape index (κ1) is 17.0. The number of nitrogens with one attached hydrogen (secondary N) is 1. The van der Waals surface area contributed by atoms with Gasteiger partial charge in [-0.1, -0.05) is 32.9 Å². The number of benzene rings is 1. The minimum absolute atomic E-state index is 0.0689. The van der Waals surface area contributed by atoms with Crippen molar-refractivity contribution in [2.45, 2.75) is 32.2 Å². The maximum Gasteiger partial charge on any atom is 0.251 e. The summed E-state index contributed by atoms with van der Waals surface area (Å²) in [5.41, 5.74) is 1.92. The minimum Gasteiger partial charge on any atom is -0.467 e. The van der Waals surface area contributed by atoms with Crippen LogP contribution in [0.3, 0.4) is 0 Å². The third-order valence-electron chi connectivity index (χ3n) is 4.18. The Morgan fingerprint density at radius 2 is 1.96 bits per heavy atom. The van der Waals surface area contributed by atoms with Gasteiger partial charge < -0.3 is 9.73 Å². The quantitative estimate of drug-likeness (QED) is 0.770. The topological polar surface area (TPSA) is 60.1 Å². The van der Waals surface area contributed by atoms with Crippen LogP contribution in [0.2, 0.25) is 0 Å². The molecule has 1 unspecified atom stereocenters. The van der Waals surface area contributed by atoms with Crippen LogP contribution in [0.4, 0.5) is 0 Å². The van der Waals surface area contributed by atoms with Crippen LogP contribution in [-0.2, 0) is 5.41 Å². The molecule has 5 nitrogen and oxygen atoms in total. The summed E-state index contributed by atoms with van der Waals surface area (Å²) in [5, 5.41) is 7.24. The van der Waals surface area contributed by atoms with Crippen molar-refractivity contribution >= 4 is 5.91 Å². The fourth-order valence-electron chi connectivity index (χ4n) is 2.68. The number of hydrogen-bond acceptors (Lipinski definition) is 3. The molecule has 1 aromatic carbocycles. The van der Waals surface area contributed by atoms with Gasteiger partial charge in [0.15, 0.2) is 0 Å². The second-order valence-electron chi connectivity index (χ2n) is 7.05. The molecule has 1 N–H and O–H groups in total. The molecule has 0 bridgehead atoms. The molecular formula is C20H23N3O2. The molecule has 2 aromatic heterocycles. The number of rotatable bonds is 5. The van der Waals surface area contributed by atoms with Gasteiger partial charge in [-0.25, -0.2) is 0 Å². The summed E-state index contributed by atoms with van der Waals surface area (Å²) in [5.74, 6) is 0.649. The summed E-state index contributed by atoms with van der Waals surface area (Å²) in [7, 11) is 0. The van der Waals surface area contributed by atoms with Crippen LogP contribution in [0, 0.1) is 0 Å². The number of carbonyl (C=O) groups is 1. The van der Waals surface area contributed by atoms with E-state index in [1.165, 1.54) is 5.56 Å². The second kappa shape index (κ2) is 6.97. The molecular weight excluding hydrogens is 314 g/mol. The number of carbonyl (C=O) groups excluding carboxylic acids is 1. The van der Waals surface area contributed by atoms with Crippen molar-refractivity contribution < 1.29 is 9.21 Å². The lowest BCUT2D eigenvalue weighted by atomic mass is 9.87. The number of furan rings is 1. The summed E-state index contributed by atoms with van der Waals surface area (Å²) in [4.78, 5) is 12.5. The number of nitrogens with zero attached hydrogens (tertiary/aromatic N) is 2. The third kappa shape index (κ3) is 3.99. The summed E-state index contributed by atoms with van der Waals surface area (Å²) in [6.45, 7) is 6.86. The van der Waals surface area contributed by atoms with E-state index in [4.69, 9.17) is 4.42 Å². The largest absolute Gasteiger partial charge is 0.467 e. The number of hydrogen-bond donors (Lipinski definition) is 1. The zero-order valence-electron chi connectivity index (χ0n) is 14.8. The Kier molecular flexibility index (Phi) is 4.74. The van der Waals surface area contributed by atoms with Crippen LogP contribution in [0.25, 0.3) is 0 Å². The molecule has 0 radical (unpaired) electrons. The van der Waals surface area contributed by atoms with Crippen molar-refractivity contribution in [2.75, 3.05) is 6.54 Å². The summed E-state index contributed by atoms with van der Waals surface area (Å²) < 4.78 is 7.28. The summed E-state index contributed by atoms with van der Waals surface area (Å²) >= 11 is 0. The van der Waals surface area contributed by atoms with Gasteiger partial charge >= 0.3 is 0 Å². The maximum absolute atomic E-state index is 12.5.